The van der Waals surface area contributed by atoms with Gasteiger partial charge in [-0.1, -0.05) is 17.7 Å². The Morgan fingerprint density at radius 3 is 2.81 bits per heavy atom. The minimum Gasteiger partial charge on any atom is -0.504 e. The largest absolute Gasteiger partial charge is 0.504 e. The molecule has 0 aromatic heterocycles. The zero-order chi connectivity index (χ0) is 18.8. The minimum absolute atomic E-state index is 0.0956. The molecule has 26 heavy (non-hydrogen) atoms. The molecule has 0 fully saturated rings. The van der Waals surface area contributed by atoms with Crippen LogP contribution in [0.2, 0.25) is 5.02 Å². The summed E-state index contributed by atoms with van der Waals surface area (Å²) < 4.78 is 6.10. The molecule has 3 rings (SSSR count). The van der Waals surface area contributed by atoms with Crippen LogP contribution in [0.5, 0.6) is 11.5 Å². The first-order chi connectivity index (χ1) is 12.4. The monoisotopic (exact) mass is 482 g/mol. The first-order valence-corrected chi connectivity index (χ1v) is 9.39. The summed E-state index contributed by atoms with van der Waals surface area (Å²) in [6, 6.07) is 10.5. The second-order valence-corrected chi connectivity index (χ2v) is 7.22. The maximum absolute atomic E-state index is 12.8. The maximum Gasteiger partial charge on any atom is 0.280 e. The van der Waals surface area contributed by atoms with Gasteiger partial charge in [0.1, 0.15) is 0 Å². The number of carbonyl (C=O) groups excluding carboxylic acids is 1. The van der Waals surface area contributed by atoms with Gasteiger partial charge in [-0.3, -0.25) is 4.79 Å². The summed E-state index contributed by atoms with van der Waals surface area (Å²) in [5.41, 5.74) is 2.45. The first kappa shape index (κ1) is 18.7. The number of phenols is 1. The average molecular weight is 483 g/mol. The van der Waals surface area contributed by atoms with Crippen LogP contribution in [0, 0.1) is 3.57 Å². The van der Waals surface area contributed by atoms with E-state index in [1.807, 2.05) is 29.5 Å². The van der Waals surface area contributed by atoms with E-state index in [9.17, 15) is 9.90 Å². The summed E-state index contributed by atoms with van der Waals surface area (Å²) >= 11 is 8.04. The number of ether oxygens (including phenoxy) is 1. The fourth-order valence-electron chi connectivity index (χ4n) is 2.58. The third kappa shape index (κ3) is 3.71. The second kappa shape index (κ2) is 7.67. The van der Waals surface area contributed by atoms with Crippen LogP contribution >= 0.6 is 34.2 Å². The summed E-state index contributed by atoms with van der Waals surface area (Å²) in [5.74, 6) is 0.252. The molecule has 134 valence electrons. The predicted octanol–water partition coefficient (Wildman–Crippen LogP) is 4.86. The third-order valence-corrected chi connectivity index (χ3v) is 4.83. The molecular formula is C19H16ClIN2O3. The van der Waals surface area contributed by atoms with E-state index in [0.29, 0.717) is 37.9 Å². The fourth-order valence-corrected chi connectivity index (χ4v) is 3.39. The Labute approximate surface area is 170 Å². The van der Waals surface area contributed by atoms with Crippen LogP contribution in [0.1, 0.15) is 19.4 Å². The molecule has 0 bridgehead atoms. The minimum atomic E-state index is -0.231. The summed E-state index contributed by atoms with van der Waals surface area (Å²) in [5, 5.41) is 16.3. The molecular weight excluding hydrogens is 467 g/mol. The zero-order valence-corrected chi connectivity index (χ0v) is 17.1. The van der Waals surface area contributed by atoms with Crippen molar-refractivity contribution in [2.24, 2.45) is 5.10 Å². The van der Waals surface area contributed by atoms with Gasteiger partial charge in [0.25, 0.3) is 5.91 Å². The van der Waals surface area contributed by atoms with Crippen LogP contribution in [-0.2, 0) is 4.79 Å². The van der Waals surface area contributed by atoms with Gasteiger partial charge in [0.2, 0.25) is 0 Å². The van der Waals surface area contributed by atoms with Crippen LogP contribution in [-0.4, -0.2) is 23.3 Å². The summed E-state index contributed by atoms with van der Waals surface area (Å²) in [4.78, 5) is 12.8. The van der Waals surface area contributed by atoms with E-state index >= 15 is 0 Å². The molecule has 0 aliphatic carbocycles. The standard InChI is InChI=1S/C19H16ClIN2O3/c1-3-26-17-9-12(8-16(21)18(17)24)7-15-11(2)22-23(19(15)25)14-6-4-5-13(20)10-14/h4-10,24H,3H2,1-2H3. The van der Waals surface area contributed by atoms with Gasteiger partial charge in [-0.25, -0.2) is 0 Å². The second-order valence-electron chi connectivity index (χ2n) is 5.62. The Hall–Kier alpha value is -2.06. The Morgan fingerprint density at radius 2 is 2.12 bits per heavy atom. The number of phenolic OH excluding ortho intramolecular Hbond substituents is 1. The average Bonchev–Trinajstić information content (AvgIpc) is 2.87. The van der Waals surface area contributed by atoms with Gasteiger partial charge in [0.05, 0.1) is 27.1 Å². The van der Waals surface area contributed by atoms with Crippen LogP contribution in [0.25, 0.3) is 6.08 Å². The van der Waals surface area contributed by atoms with E-state index < -0.39 is 0 Å². The Kier molecular flexibility index (Phi) is 5.52. The maximum atomic E-state index is 12.8. The number of aromatic hydroxyl groups is 1. The Bertz CT molecular complexity index is 940. The summed E-state index contributed by atoms with van der Waals surface area (Å²) in [6.07, 6.45) is 1.75. The van der Waals surface area contributed by atoms with Crippen molar-refractivity contribution in [3.63, 3.8) is 0 Å². The summed E-state index contributed by atoms with van der Waals surface area (Å²) in [6.45, 7) is 4.06. The van der Waals surface area contributed by atoms with Gasteiger partial charge >= 0.3 is 0 Å². The molecule has 0 spiro atoms. The lowest BCUT2D eigenvalue weighted by Gasteiger charge is -2.12. The lowest BCUT2D eigenvalue weighted by molar-refractivity contribution is -0.114. The topological polar surface area (TPSA) is 62.1 Å². The van der Waals surface area contributed by atoms with Gasteiger partial charge in [0.15, 0.2) is 11.5 Å². The number of hydrazone groups is 1. The highest BCUT2D eigenvalue weighted by molar-refractivity contribution is 14.1. The predicted molar refractivity (Wildman–Crippen MR) is 112 cm³/mol. The van der Waals surface area contributed by atoms with Crippen molar-refractivity contribution in [1.82, 2.24) is 0 Å². The van der Waals surface area contributed by atoms with Crippen molar-refractivity contribution in [3.8, 4) is 11.5 Å². The van der Waals surface area contributed by atoms with E-state index in [-0.39, 0.29) is 11.7 Å². The normalized spacial score (nSPS) is 15.5. The number of halogens is 2. The molecule has 1 N–H and O–H groups in total. The van der Waals surface area contributed by atoms with Gasteiger partial charge in [-0.05, 0) is 78.4 Å². The Morgan fingerprint density at radius 1 is 1.35 bits per heavy atom. The number of hydrogen-bond donors (Lipinski definition) is 1. The molecule has 2 aromatic carbocycles. The molecule has 0 atom stereocenters. The molecule has 7 heteroatoms. The van der Waals surface area contributed by atoms with Gasteiger partial charge in [-0.15, -0.1) is 0 Å². The van der Waals surface area contributed by atoms with E-state index in [4.69, 9.17) is 16.3 Å². The number of benzene rings is 2. The fraction of sp³-hybridized carbons (Fsp3) is 0.158. The highest BCUT2D eigenvalue weighted by Crippen LogP contribution is 2.34. The van der Waals surface area contributed by atoms with E-state index in [0.717, 1.165) is 5.56 Å². The van der Waals surface area contributed by atoms with Crippen LogP contribution in [0.4, 0.5) is 5.69 Å². The SMILES string of the molecule is CCOc1cc(C=C2C(=O)N(c3cccc(Cl)c3)N=C2C)cc(I)c1O. The first-order valence-electron chi connectivity index (χ1n) is 7.93. The van der Waals surface area contributed by atoms with Crippen LogP contribution < -0.4 is 9.75 Å². The van der Waals surface area contributed by atoms with Crippen molar-refractivity contribution in [3.05, 3.63) is 56.1 Å². The molecule has 0 unspecified atom stereocenters. The number of amides is 1. The lowest BCUT2D eigenvalue weighted by atomic mass is 10.1. The van der Waals surface area contributed by atoms with Gasteiger partial charge < -0.3 is 9.84 Å². The van der Waals surface area contributed by atoms with Gasteiger partial charge in [0, 0.05) is 5.02 Å². The van der Waals surface area contributed by atoms with Crippen molar-refractivity contribution in [2.75, 3.05) is 11.6 Å². The molecule has 1 aliphatic rings. The number of anilines is 1. The molecule has 2 aromatic rings. The third-order valence-electron chi connectivity index (χ3n) is 3.78. The van der Waals surface area contributed by atoms with E-state index in [2.05, 4.69) is 5.10 Å². The quantitative estimate of drug-likeness (QED) is 0.500. The number of carbonyl (C=O) groups is 1. The van der Waals surface area contributed by atoms with E-state index in [1.165, 1.54) is 5.01 Å². The highest BCUT2D eigenvalue weighted by atomic mass is 127. The lowest BCUT2D eigenvalue weighted by Crippen LogP contribution is -2.21. The summed E-state index contributed by atoms with van der Waals surface area (Å²) in [7, 11) is 0. The molecule has 0 saturated carbocycles. The number of nitrogens with zero attached hydrogens (tertiary/aromatic N) is 2. The molecule has 1 heterocycles. The van der Waals surface area contributed by atoms with E-state index in [1.54, 1.807) is 49.4 Å². The number of hydrogen-bond acceptors (Lipinski definition) is 4. The smallest absolute Gasteiger partial charge is 0.280 e. The molecule has 5 nitrogen and oxygen atoms in total. The molecule has 1 amide bonds. The molecule has 1 aliphatic heterocycles. The van der Waals surface area contributed by atoms with Crippen LogP contribution in [0.15, 0.2) is 47.1 Å². The van der Waals surface area contributed by atoms with Crippen molar-refractivity contribution >= 4 is 57.6 Å². The van der Waals surface area contributed by atoms with Crippen molar-refractivity contribution in [2.45, 2.75) is 13.8 Å². The van der Waals surface area contributed by atoms with Gasteiger partial charge in [-0.2, -0.15) is 10.1 Å². The highest BCUT2D eigenvalue weighted by Gasteiger charge is 2.29. The van der Waals surface area contributed by atoms with Crippen molar-refractivity contribution in [1.29, 1.82) is 0 Å². The molecule has 0 radical (unpaired) electrons. The molecule has 0 saturated heterocycles. The van der Waals surface area contributed by atoms with Crippen LogP contribution in [0.3, 0.4) is 0 Å². The van der Waals surface area contributed by atoms with Crippen molar-refractivity contribution < 1.29 is 14.6 Å². The Balaban J connectivity index is 1.98. The number of rotatable bonds is 4. The zero-order valence-electron chi connectivity index (χ0n) is 14.2.